The van der Waals surface area contributed by atoms with Gasteiger partial charge in [-0.2, -0.15) is 0 Å². The molecule has 1 aromatic heterocycles. The van der Waals surface area contributed by atoms with E-state index in [1.165, 1.54) is 62.2 Å². The molecule has 2 aliphatic rings. The highest BCUT2D eigenvalue weighted by Gasteiger charge is 2.24. The SMILES string of the molecule is Cn1c(=O)sc2cc(CN3CCC(NCC4CC4)CC3)ccc21. The minimum atomic E-state index is 0.125. The van der Waals surface area contributed by atoms with Crippen molar-refractivity contribution in [2.75, 3.05) is 19.6 Å². The zero-order chi connectivity index (χ0) is 15.8. The van der Waals surface area contributed by atoms with Crippen molar-refractivity contribution in [2.24, 2.45) is 13.0 Å². The number of aryl methyl sites for hydroxylation is 1. The maximum atomic E-state index is 11.8. The fourth-order valence-corrected chi connectivity index (χ4v) is 4.43. The van der Waals surface area contributed by atoms with Crippen LogP contribution in [0.25, 0.3) is 10.2 Å². The van der Waals surface area contributed by atoms with Gasteiger partial charge in [0.05, 0.1) is 10.2 Å². The molecule has 1 N–H and O–H groups in total. The van der Waals surface area contributed by atoms with Crippen LogP contribution in [0.2, 0.25) is 0 Å². The average molecular weight is 331 g/mol. The summed E-state index contributed by atoms with van der Waals surface area (Å²) in [7, 11) is 1.85. The van der Waals surface area contributed by atoms with Crippen molar-refractivity contribution in [3.63, 3.8) is 0 Å². The Bertz CT molecular complexity index is 738. The second kappa shape index (κ2) is 6.38. The lowest BCUT2D eigenvalue weighted by molar-refractivity contribution is 0.190. The zero-order valence-corrected chi connectivity index (χ0v) is 14.6. The summed E-state index contributed by atoms with van der Waals surface area (Å²) in [6.07, 6.45) is 5.38. The van der Waals surface area contributed by atoms with Gasteiger partial charge in [-0.3, -0.25) is 9.69 Å². The minimum absolute atomic E-state index is 0.125. The summed E-state index contributed by atoms with van der Waals surface area (Å²) in [5, 5.41) is 3.74. The molecule has 0 spiro atoms. The molecule has 124 valence electrons. The van der Waals surface area contributed by atoms with Crippen molar-refractivity contribution in [1.82, 2.24) is 14.8 Å². The average Bonchev–Trinajstić information content (AvgIpc) is 3.34. The highest BCUT2D eigenvalue weighted by Crippen LogP contribution is 2.28. The number of thiazole rings is 1. The van der Waals surface area contributed by atoms with Gasteiger partial charge in [-0.05, 0) is 68.9 Å². The maximum absolute atomic E-state index is 11.8. The molecule has 1 aliphatic heterocycles. The lowest BCUT2D eigenvalue weighted by atomic mass is 10.0. The van der Waals surface area contributed by atoms with E-state index < -0.39 is 0 Å². The first-order valence-electron chi connectivity index (χ1n) is 8.73. The Morgan fingerprint density at radius 3 is 2.74 bits per heavy atom. The third-order valence-electron chi connectivity index (χ3n) is 5.24. The van der Waals surface area contributed by atoms with Crippen LogP contribution in [0.4, 0.5) is 0 Å². The number of aromatic nitrogens is 1. The van der Waals surface area contributed by atoms with E-state index in [1.807, 2.05) is 7.05 Å². The first-order chi connectivity index (χ1) is 11.2. The van der Waals surface area contributed by atoms with Crippen molar-refractivity contribution in [1.29, 1.82) is 0 Å². The molecule has 2 fully saturated rings. The Labute approximate surface area is 141 Å². The monoisotopic (exact) mass is 331 g/mol. The highest BCUT2D eigenvalue weighted by molar-refractivity contribution is 7.16. The van der Waals surface area contributed by atoms with E-state index in [9.17, 15) is 4.79 Å². The summed E-state index contributed by atoms with van der Waals surface area (Å²) in [5.41, 5.74) is 2.37. The molecule has 0 atom stereocenters. The molecule has 1 aliphatic carbocycles. The largest absolute Gasteiger partial charge is 0.314 e. The van der Waals surface area contributed by atoms with Crippen molar-refractivity contribution >= 4 is 21.6 Å². The van der Waals surface area contributed by atoms with E-state index >= 15 is 0 Å². The Balaban J connectivity index is 1.34. The zero-order valence-electron chi connectivity index (χ0n) is 13.8. The van der Waals surface area contributed by atoms with Crippen LogP contribution in [0, 0.1) is 5.92 Å². The molecule has 0 bridgehead atoms. The molecule has 1 aromatic carbocycles. The summed E-state index contributed by atoms with van der Waals surface area (Å²) < 4.78 is 2.84. The van der Waals surface area contributed by atoms with Gasteiger partial charge in [0.2, 0.25) is 0 Å². The van der Waals surface area contributed by atoms with Gasteiger partial charge < -0.3 is 9.88 Å². The minimum Gasteiger partial charge on any atom is -0.314 e. The van der Waals surface area contributed by atoms with Crippen LogP contribution >= 0.6 is 11.3 Å². The number of likely N-dealkylation sites (tertiary alicyclic amines) is 1. The molecule has 0 unspecified atom stereocenters. The number of fused-ring (bicyclic) bond motifs is 1. The van der Waals surface area contributed by atoms with Crippen LogP contribution in [0.15, 0.2) is 23.0 Å². The van der Waals surface area contributed by atoms with E-state index in [0.29, 0.717) is 6.04 Å². The van der Waals surface area contributed by atoms with Crippen molar-refractivity contribution in [3.8, 4) is 0 Å². The molecule has 4 nitrogen and oxygen atoms in total. The second-order valence-electron chi connectivity index (χ2n) is 7.13. The van der Waals surface area contributed by atoms with Gasteiger partial charge >= 0.3 is 4.87 Å². The van der Waals surface area contributed by atoms with Crippen LogP contribution in [0.5, 0.6) is 0 Å². The van der Waals surface area contributed by atoms with Gasteiger partial charge in [0.15, 0.2) is 0 Å². The van der Waals surface area contributed by atoms with Crippen LogP contribution in [-0.2, 0) is 13.6 Å². The molecule has 5 heteroatoms. The quantitative estimate of drug-likeness (QED) is 0.915. The third-order valence-corrected chi connectivity index (χ3v) is 6.24. The number of rotatable bonds is 5. The normalized spacial score (nSPS) is 20.4. The summed E-state index contributed by atoms with van der Waals surface area (Å²) in [6, 6.07) is 7.17. The van der Waals surface area contributed by atoms with Crippen molar-refractivity contribution in [2.45, 2.75) is 38.3 Å². The molecule has 23 heavy (non-hydrogen) atoms. The number of nitrogens with zero attached hydrogens (tertiary/aromatic N) is 2. The number of nitrogens with one attached hydrogen (secondary N) is 1. The summed E-state index contributed by atoms with van der Waals surface area (Å²) in [5.74, 6) is 0.970. The van der Waals surface area contributed by atoms with Gasteiger partial charge in [0.1, 0.15) is 0 Å². The Morgan fingerprint density at radius 2 is 2.00 bits per heavy atom. The van der Waals surface area contributed by atoms with E-state index in [4.69, 9.17) is 0 Å². The predicted octanol–water partition coefficient (Wildman–Crippen LogP) is 2.56. The number of benzene rings is 1. The van der Waals surface area contributed by atoms with E-state index in [0.717, 1.165) is 22.7 Å². The van der Waals surface area contributed by atoms with Gasteiger partial charge in [-0.1, -0.05) is 17.4 Å². The summed E-state index contributed by atoms with van der Waals surface area (Å²) in [4.78, 5) is 14.4. The second-order valence-corrected chi connectivity index (χ2v) is 8.12. The van der Waals surface area contributed by atoms with E-state index in [2.05, 4.69) is 28.4 Å². The first kappa shape index (κ1) is 15.4. The number of piperidine rings is 1. The van der Waals surface area contributed by atoms with Crippen LogP contribution in [-0.4, -0.2) is 35.1 Å². The van der Waals surface area contributed by atoms with Crippen LogP contribution in [0.3, 0.4) is 0 Å². The van der Waals surface area contributed by atoms with Gasteiger partial charge in [0, 0.05) is 19.6 Å². The Kier molecular flexibility index (Phi) is 4.26. The molecular formula is C18H25N3OS. The smallest absolute Gasteiger partial charge is 0.307 e. The lowest BCUT2D eigenvalue weighted by Crippen LogP contribution is -2.42. The maximum Gasteiger partial charge on any atom is 0.307 e. The molecule has 4 rings (SSSR count). The van der Waals surface area contributed by atoms with Crippen molar-refractivity contribution < 1.29 is 0 Å². The molecular weight excluding hydrogens is 306 g/mol. The highest BCUT2D eigenvalue weighted by atomic mass is 32.1. The standard InChI is InChI=1S/C18H25N3OS/c1-20-16-5-4-14(10-17(16)23-18(20)22)12-21-8-6-15(7-9-21)19-11-13-2-3-13/h4-5,10,13,15,19H,2-3,6-9,11-12H2,1H3. The molecule has 2 aromatic rings. The van der Waals surface area contributed by atoms with E-state index in [-0.39, 0.29) is 4.87 Å². The number of hydrogen-bond donors (Lipinski definition) is 1. The van der Waals surface area contributed by atoms with Crippen LogP contribution < -0.4 is 10.2 Å². The Morgan fingerprint density at radius 1 is 1.22 bits per heavy atom. The summed E-state index contributed by atoms with van der Waals surface area (Å²) >= 11 is 1.35. The lowest BCUT2D eigenvalue weighted by Gasteiger charge is -2.32. The topological polar surface area (TPSA) is 37.3 Å². The van der Waals surface area contributed by atoms with Crippen molar-refractivity contribution in [3.05, 3.63) is 33.4 Å². The van der Waals surface area contributed by atoms with Gasteiger partial charge in [-0.25, -0.2) is 0 Å². The number of hydrogen-bond acceptors (Lipinski definition) is 4. The van der Waals surface area contributed by atoms with E-state index in [1.54, 1.807) is 4.57 Å². The molecule has 1 saturated heterocycles. The molecule has 0 amide bonds. The predicted molar refractivity (Wildman–Crippen MR) is 96.1 cm³/mol. The first-order valence-corrected chi connectivity index (χ1v) is 9.55. The molecule has 1 saturated carbocycles. The molecule has 2 heterocycles. The summed E-state index contributed by atoms with van der Waals surface area (Å²) in [6.45, 7) is 4.58. The molecule has 0 radical (unpaired) electrons. The van der Waals surface area contributed by atoms with Gasteiger partial charge in [0.25, 0.3) is 0 Å². The Hall–Kier alpha value is -1.17. The fourth-order valence-electron chi connectivity index (χ4n) is 3.49. The fraction of sp³-hybridized carbons (Fsp3) is 0.611. The van der Waals surface area contributed by atoms with Gasteiger partial charge in [-0.15, -0.1) is 0 Å². The van der Waals surface area contributed by atoms with Crippen LogP contribution in [0.1, 0.15) is 31.2 Å². The third kappa shape index (κ3) is 3.52.